The highest BCUT2D eigenvalue weighted by Gasteiger charge is 2.39. The van der Waals surface area contributed by atoms with Gasteiger partial charge in [0, 0.05) is 43.3 Å². The molecule has 1 aliphatic heterocycles. The lowest BCUT2D eigenvalue weighted by Crippen LogP contribution is -2.61. The van der Waals surface area contributed by atoms with Crippen LogP contribution in [0.15, 0.2) is 43.0 Å². The standard InChI is InChI=1S/C23H27N7O2/c1-15-13-30(20(23(31)32-4)14-29(15)21-12-24-9-10-26-21)22-17(3)16(2)19(27-28-22)11-18-7-5-6-8-25-18/h5-10,12,15,20H,11,13-14H2,1-4H3/t15?,20-/m1/s1. The number of hydrogen-bond donors (Lipinski definition) is 0. The van der Waals surface area contributed by atoms with Gasteiger partial charge in [-0.1, -0.05) is 6.07 Å². The van der Waals surface area contributed by atoms with Crippen LogP contribution in [0.3, 0.4) is 0 Å². The first-order valence-corrected chi connectivity index (χ1v) is 10.6. The Morgan fingerprint density at radius 2 is 1.91 bits per heavy atom. The van der Waals surface area contributed by atoms with E-state index in [1.54, 1.807) is 24.8 Å². The van der Waals surface area contributed by atoms with Crippen molar-refractivity contribution in [3.63, 3.8) is 0 Å². The normalized spacial score (nSPS) is 18.5. The van der Waals surface area contributed by atoms with Crippen LogP contribution in [0.1, 0.15) is 29.4 Å². The third-order valence-corrected chi connectivity index (χ3v) is 6.00. The summed E-state index contributed by atoms with van der Waals surface area (Å²) in [6.07, 6.45) is 7.38. The minimum Gasteiger partial charge on any atom is -0.467 e. The van der Waals surface area contributed by atoms with E-state index < -0.39 is 6.04 Å². The second-order valence-electron chi connectivity index (χ2n) is 7.97. The molecule has 0 aliphatic carbocycles. The van der Waals surface area contributed by atoms with E-state index in [1.807, 2.05) is 36.9 Å². The molecule has 1 saturated heterocycles. The second-order valence-corrected chi connectivity index (χ2v) is 7.97. The Hall–Kier alpha value is -3.62. The predicted molar refractivity (Wildman–Crippen MR) is 121 cm³/mol. The highest BCUT2D eigenvalue weighted by atomic mass is 16.5. The van der Waals surface area contributed by atoms with Gasteiger partial charge < -0.3 is 14.5 Å². The van der Waals surface area contributed by atoms with Crippen molar-refractivity contribution in [3.8, 4) is 0 Å². The zero-order valence-electron chi connectivity index (χ0n) is 18.8. The van der Waals surface area contributed by atoms with E-state index in [0.717, 1.165) is 28.3 Å². The molecule has 4 rings (SSSR count). The van der Waals surface area contributed by atoms with Crippen LogP contribution in [0.2, 0.25) is 0 Å². The van der Waals surface area contributed by atoms with Crippen LogP contribution < -0.4 is 9.80 Å². The van der Waals surface area contributed by atoms with Crippen molar-refractivity contribution in [3.05, 3.63) is 65.5 Å². The number of piperazine rings is 1. The summed E-state index contributed by atoms with van der Waals surface area (Å²) < 4.78 is 5.13. The van der Waals surface area contributed by atoms with Gasteiger partial charge in [-0.2, -0.15) is 5.10 Å². The number of esters is 1. The zero-order chi connectivity index (χ0) is 22.7. The molecule has 0 amide bonds. The first-order valence-electron chi connectivity index (χ1n) is 10.6. The summed E-state index contributed by atoms with van der Waals surface area (Å²) >= 11 is 0. The third kappa shape index (κ3) is 4.23. The lowest BCUT2D eigenvalue weighted by molar-refractivity contribution is -0.142. The fourth-order valence-electron chi connectivity index (χ4n) is 4.06. The average Bonchev–Trinajstić information content (AvgIpc) is 2.83. The minimum absolute atomic E-state index is 0.0855. The number of pyridine rings is 1. The Morgan fingerprint density at radius 1 is 1.06 bits per heavy atom. The minimum atomic E-state index is -0.535. The molecule has 0 saturated carbocycles. The quantitative estimate of drug-likeness (QED) is 0.561. The highest BCUT2D eigenvalue weighted by Crippen LogP contribution is 2.29. The Morgan fingerprint density at radius 3 is 2.59 bits per heavy atom. The molecule has 3 aromatic heterocycles. The number of ether oxygens (including phenoxy) is 1. The first kappa shape index (κ1) is 21.6. The average molecular weight is 434 g/mol. The van der Waals surface area contributed by atoms with Gasteiger partial charge in [-0.25, -0.2) is 9.78 Å². The van der Waals surface area contributed by atoms with Crippen LogP contribution in [0, 0.1) is 13.8 Å². The molecule has 9 nitrogen and oxygen atoms in total. The van der Waals surface area contributed by atoms with Crippen molar-refractivity contribution < 1.29 is 9.53 Å². The first-order chi connectivity index (χ1) is 15.5. The van der Waals surface area contributed by atoms with Crippen LogP contribution in [-0.4, -0.2) is 63.4 Å². The number of hydrogen-bond acceptors (Lipinski definition) is 9. The van der Waals surface area contributed by atoms with E-state index in [9.17, 15) is 4.79 Å². The summed E-state index contributed by atoms with van der Waals surface area (Å²) in [5, 5.41) is 9.06. The van der Waals surface area contributed by atoms with Gasteiger partial charge in [0.2, 0.25) is 0 Å². The molecule has 32 heavy (non-hydrogen) atoms. The molecule has 0 aromatic carbocycles. The lowest BCUT2D eigenvalue weighted by atomic mass is 10.0. The van der Waals surface area contributed by atoms with Crippen LogP contribution in [0.4, 0.5) is 11.6 Å². The smallest absolute Gasteiger partial charge is 0.330 e. The molecular formula is C23H27N7O2. The maximum Gasteiger partial charge on any atom is 0.330 e. The molecule has 9 heteroatoms. The molecule has 166 valence electrons. The predicted octanol–water partition coefficient (Wildman–Crippen LogP) is 2.13. The Kier molecular flexibility index (Phi) is 6.25. The van der Waals surface area contributed by atoms with Gasteiger partial charge in [-0.3, -0.25) is 9.97 Å². The summed E-state index contributed by atoms with van der Waals surface area (Å²) in [6.45, 7) is 7.15. The molecule has 1 unspecified atom stereocenters. The largest absolute Gasteiger partial charge is 0.467 e. The maximum absolute atomic E-state index is 12.8. The van der Waals surface area contributed by atoms with Crippen molar-refractivity contribution in [2.75, 3.05) is 30.0 Å². The third-order valence-electron chi connectivity index (χ3n) is 6.00. The molecule has 0 spiro atoms. The van der Waals surface area contributed by atoms with E-state index in [0.29, 0.717) is 25.3 Å². The summed E-state index contributed by atoms with van der Waals surface area (Å²) in [5.74, 6) is 1.12. The van der Waals surface area contributed by atoms with Crippen LogP contribution in [-0.2, 0) is 16.0 Å². The Balaban J connectivity index is 1.65. The van der Waals surface area contributed by atoms with Crippen LogP contribution in [0.5, 0.6) is 0 Å². The van der Waals surface area contributed by atoms with E-state index in [1.165, 1.54) is 7.11 Å². The van der Waals surface area contributed by atoms with Crippen molar-refractivity contribution in [1.29, 1.82) is 0 Å². The van der Waals surface area contributed by atoms with Gasteiger partial charge in [0.05, 0.1) is 25.5 Å². The van der Waals surface area contributed by atoms with Crippen molar-refractivity contribution in [2.45, 2.75) is 39.3 Å². The van der Waals surface area contributed by atoms with Gasteiger partial charge in [-0.05, 0) is 44.0 Å². The molecule has 4 heterocycles. The van der Waals surface area contributed by atoms with Gasteiger partial charge >= 0.3 is 5.97 Å². The fraction of sp³-hybridized carbons (Fsp3) is 0.391. The van der Waals surface area contributed by atoms with E-state index in [4.69, 9.17) is 4.74 Å². The molecular weight excluding hydrogens is 406 g/mol. The number of methoxy groups -OCH3 is 1. The monoisotopic (exact) mass is 433 g/mol. The van der Waals surface area contributed by atoms with Gasteiger partial charge in [0.25, 0.3) is 0 Å². The maximum atomic E-state index is 12.8. The van der Waals surface area contributed by atoms with Gasteiger partial charge in [0.15, 0.2) is 5.82 Å². The highest BCUT2D eigenvalue weighted by molar-refractivity contribution is 5.81. The number of nitrogens with zero attached hydrogens (tertiary/aromatic N) is 7. The molecule has 1 aliphatic rings. The van der Waals surface area contributed by atoms with Gasteiger partial charge in [0.1, 0.15) is 11.9 Å². The molecule has 2 atom stereocenters. The number of aromatic nitrogens is 5. The van der Waals surface area contributed by atoms with Crippen LogP contribution >= 0.6 is 0 Å². The Bertz CT molecular complexity index is 1080. The lowest BCUT2D eigenvalue weighted by Gasteiger charge is -2.45. The van der Waals surface area contributed by atoms with E-state index >= 15 is 0 Å². The van der Waals surface area contributed by atoms with Crippen LogP contribution in [0.25, 0.3) is 0 Å². The summed E-state index contributed by atoms with van der Waals surface area (Å²) in [4.78, 5) is 29.8. The number of anilines is 2. The van der Waals surface area contributed by atoms with Crippen molar-refractivity contribution >= 4 is 17.6 Å². The molecule has 0 radical (unpaired) electrons. The van der Waals surface area contributed by atoms with Gasteiger partial charge in [-0.15, -0.1) is 5.10 Å². The van der Waals surface area contributed by atoms with Crippen molar-refractivity contribution in [1.82, 2.24) is 25.1 Å². The SMILES string of the molecule is COC(=O)[C@H]1CN(c2cnccn2)C(C)CN1c1nnc(Cc2ccccn2)c(C)c1C. The molecule has 1 fully saturated rings. The summed E-state index contributed by atoms with van der Waals surface area (Å²) in [7, 11) is 1.41. The summed E-state index contributed by atoms with van der Waals surface area (Å²) in [5.41, 5.74) is 3.87. The fourth-order valence-corrected chi connectivity index (χ4v) is 4.06. The zero-order valence-corrected chi connectivity index (χ0v) is 18.8. The topological polar surface area (TPSA) is 97.2 Å². The van der Waals surface area contributed by atoms with Crippen molar-refractivity contribution in [2.24, 2.45) is 0 Å². The Labute approximate surface area is 187 Å². The second kappa shape index (κ2) is 9.25. The number of carbonyl (C=O) groups is 1. The molecule has 0 N–H and O–H groups in total. The number of carbonyl (C=O) groups excluding carboxylic acids is 1. The summed E-state index contributed by atoms with van der Waals surface area (Å²) in [6, 6.07) is 5.39. The molecule has 0 bridgehead atoms. The van der Waals surface area contributed by atoms with E-state index in [2.05, 4.69) is 37.0 Å². The number of rotatable bonds is 5. The molecule has 3 aromatic rings. The van der Waals surface area contributed by atoms with E-state index in [-0.39, 0.29) is 12.0 Å².